The molecule has 76 valence electrons. The van der Waals surface area contributed by atoms with Gasteiger partial charge in [-0.1, -0.05) is 24.8 Å². The van der Waals surface area contributed by atoms with Crippen molar-refractivity contribution >= 4 is 21.8 Å². The fourth-order valence-corrected chi connectivity index (χ4v) is 3.79. The van der Waals surface area contributed by atoms with E-state index in [1.54, 1.807) is 6.08 Å². The van der Waals surface area contributed by atoms with E-state index in [1.165, 1.54) is 30.2 Å². The van der Waals surface area contributed by atoms with Crippen molar-refractivity contribution in [1.29, 1.82) is 0 Å². The van der Waals surface area contributed by atoms with Crippen LogP contribution in [0.2, 0.25) is 0 Å². The van der Waals surface area contributed by atoms with E-state index in [1.807, 2.05) is 6.92 Å². The molecule has 6 heteroatoms. The van der Waals surface area contributed by atoms with E-state index in [4.69, 9.17) is 5.73 Å². The van der Waals surface area contributed by atoms with Gasteiger partial charge < -0.3 is 5.73 Å². The summed E-state index contributed by atoms with van der Waals surface area (Å²) in [5, 5.41) is -0.135. The zero-order valence-electron chi connectivity index (χ0n) is 7.89. The largest absolute Gasteiger partial charge is 0.319 e. The van der Waals surface area contributed by atoms with Crippen molar-refractivity contribution in [3.05, 3.63) is 10.3 Å². The van der Waals surface area contributed by atoms with Crippen LogP contribution in [-0.4, -0.2) is 32.2 Å². The van der Waals surface area contributed by atoms with Crippen LogP contribution in [0, 0.1) is 5.92 Å². The molecule has 0 amide bonds. The maximum absolute atomic E-state index is 11.6. The fraction of sp³-hybridized carbons (Fsp3) is 0.714. The van der Waals surface area contributed by atoms with Crippen molar-refractivity contribution in [2.45, 2.75) is 12.3 Å². The first kappa shape index (κ1) is 11.0. The van der Waals surface area contributed by atoms with Gasteiger partial charge in [0, 0.05) is 20.0 Å². The van der Waals surface area contributed by atoms with E-state index >= 15 is 0 Å². The van der Waals surface area contributed by atoms with Gasteiger partial charge in [-0.15, -0.1) is 0 Å². The molecule has 4 nitrogen and oxygen atoms in total. The standard InChI is InChI=1S/C7H14N2O2S2/c1-5-4-6(12-7(5)8)13(10,11)9(2)3/h4-5,7H,8H2,1-3H3. The van der Waals surface area contributed by atoms with Crippen LogP contribution in [0.3, 0.4) is 0 Å². The van der Waals surface area contributed by atoms with Gasteiger partial charge in [0.2, 0.25) is 10.0 Å². The first-order valence-corrected chi connectivity index (χ1v) is 6.24. The first-order valence-electron chi connectivity index (χ1n) is 3.92. The highest BCUT2D eigenvalue weighted by atomic mass is 32.3. The second kappa shape index (κ2) is 3.61. The van der Waals surface area contributed by atoms with Gasteiger partial charge in [0.1, 0.15) is 4.24 Å². The number of sulfonamides is 1. The van der Waals surface area contributed by atoms with Gasteiger partial charge in [-0.05, 0) is 0 Å². The van der Waals surface area contributed by atoms with Gasteiger partial charge in [-0.25, -0.2) is 12.7 Å². The van der Waals surface area contributed by atoms with Crippen LogP contribution in [0.5, 0.6) is 0 Å². The lowest BCUT2D eigenvalue weighted by Crippen LogP contribution is -2.23. The highest BCUT2D eigenvalue weighted by molar-refractivity contribution is 8.18. The van der Waals surface area contributed by atoms with Gasteiger partial charge >= 0.3 is 0 Å². The predicted octanol–water partition coefficient (Wildman–Crippen LogP) is 0.387. The summed E-state index contributed by atoms with van der Waals surface area (Å²) in [6.07, 6.45) is 1.71. The molecule has 0 fully saturated rings. The van der Waals surface area contributed by atoms with E-state index in [0.29, 0.717) is 4.24 Å². The Morgan fingerprint density at radius 3 is 2.38 bits per heavy atom. The van der Waals surface area contributed by atoms with Crippen LogP contribution in [0.25, 0.3) is 0 Å². The molecule has 1 aliphatic rings. The fourth-order valence-electron chi connectivity index (χ4n) is 0.917. The van der Waals surface area contributed by atoms with E-state index in [-0.39, 0.29) is 11.3 Å². The van der Waals surface area contributed by atoms with Crippen LogP contribution < -0.4 is 5.73 Å². The third-order valence-electron chi connectivity index (χ3n) is 1.90. The Kier molecular flexibility index (Phi) is 3.06. The number of nitrogens with zero attached hydrogens (tertiary/aromatic N) is 1. The van der Waals surface area contributed by atoms with Gasteiger partial charge in [-0.2, -0.15) is 0 Å². The third-order valence-corrected chi connectivity index (χ3v) is 5.50. The van der Waals surface area contributed by atoms with Crippen molar-refractivity contribution < 1.29 is 8.42 Å². The summed E-state index contributed by atoms with van der Waals surface area (Å²) in [5.41, 5.74) is 5.69. The van der Waals surface area contributed by atoms with E-state index < -0.39 is 10.0 Å². The maximum Gasteiger partial charge on any atom is 0.248 e. The van der Waals surface area contributed by atoms with Crippen molar-refractivity contribution in [2.24, 2.45) is 11.7 Å². The average Bonchev–Trinajstić information content (AvgIpc) is 2.32. The predicted molar refractivity (Wildman–Crippen MR) is 55.4 cm³/mol. The Bertz CT molecular complexity index is 321. The third kappa shape index (κ3) is 2.07. The highest BCUT2D eigenvalue weighted by Gasteiger charge is 2.30. The molecule has 2 N–H and O–H groups in total. The smallest absolute Gasteiger partial charge is 0.248 e. The molecule has 0 saturated heterocycles. The van der Waals surface area contributed by atoms with E-state index in [0.717, 1.165) is 0 Å². The lowest BCUT2D eigenvalue weighted by molar-refractivity contribution is 0.530. The molecule has 0 radical (unpaired) electrons. The summed E-state index contributed by atoms with van der Waals surface area (Å²) in [5.74, 6) is 0.120. The Morgan fingerprint density at radius 1 is 1.54 bits per heavy atom. The normalized spacial score (nSPS) is 29.5. The zero-order valence-corrected chi connectivity index (χ0v) is 9.52. The van der Waals surface area contributed by atoms with E-state index in [9.17, 15) is 8.42 Å². The average molecular weight is 222 g/mol. The topological polar surface area (TPSA) is 63.4 Å². The first-order chi connectivity index (χ1) is 5.85. The van der Waals surface area contributed by atoms with Crippen LogP contribution in [0.1, 0.15) is 6.92 Å². The summed E-state index contributed by atoms with van der Waals surface area (Å²) in [6.45, 7) is 1.91. The molecule has 13 heavy (non-hydrogen) atoms. The number of hydrogen-bond donors (Lipinski definition) is 1. The molecule has 0 aromatic rings. The van der Waals surface area contributed by atoms with Gasteiger partial charge in [0.15, 0.2) is 0 Å². The molecule has 0 aromatic heterocycles. The lowest BCUT2D eigenvalue weighted by atomic mass is 10.2. The molecule has 0 aliphatic carbocycles. The molecule has 0 bridgehead atoms. The Morgan fingerprint density at radius 2 is 2.08 bits per heavy atom. The summed E-state index contributed by atoms with van der Waals surface area (Å²) >= 11 is 1.22. The van der Waals surface area contributed by atoms with E-state index in [2.05, 4.69) is 0 Å². The summed E-state index contributed by atoms with van der Waals surface area (Å²) in [7, 11) is -0.227. The second-order valence-corrected chi connectivity index (χ2v) is 6.81. The SMILES string of the molecule is CC1C=C(S(=O)(=O)N(C)C)SC1N. The Balaban J connectivity index is 2.94. The summed E-state index contributed by atoms with van der Waals surface area (Å²) in [4.78, 5) is 0. The van der Waals surface area contributed by atoms with Gasteiger partial charge in [0.25, 0.3) is 0 Å². The lowest BCUT2D eigenvalue weighted by Gasteiger charge is -2.11. The molecule has 2 atom stereocenters. The molecular formula is C7H14N2O2S2. The molecule has 0 aromatic carbocycles. The summed E-state index contributed by atoms with van der Waals surface area (Å²) < 4.78 is 24.8. The Labute approximate surface area is 83.2 Å². The van der Waals surface area contributed by atoms with Gasteiger partial charge in [0.05, 0.1) is 5.37 Å². The number of nitrogens with two attached hydrogens (primary N) is 1. The van der Waals surface area contributed by atoms with Crippen LogP contribution in [0.4, 0.5) is 0 Å². The molecule has 1 rings (SSSR count). The van der Waals surface area contributed by atoms with Gasteiger partial charge in [-0.3, -0.25) is 0 Å². The minimum atomic E-state index is -3.27. The minimum Gasteiger partial charge on any atom is -0.319 e. The maximum atomic E-state index is 11.6. The number of rotatable bonds is 2. The Hall–Kier alpha value is -0.0400. The highest BCUT2D eigenvalue weighted by Crippen LogP contribution is 2.37. The van der Waals surface area contributed by atoms with Crippen molar-refractivity contribution in [2.75, 3.05) is 14.1 Å². The molecule has 1 heterocycles. The zero-order chi connectivity index (χ0) is 10.2. The minimum absolute atomic E-state index is 0.120. The van der Waals surface area contributed by atoms with Crippen molar-refractivity contribution in [1.82, 2.24) is 4.31 Å². The second-order valence-electron chi connectivity index (χ2n) is 3.21. The summed E-state index contributed by atoms with van der Waals surface area (Å²) in [6, 6.07) is 0. The van der Waals surface area contributed by atoms with Crippen LogP contribution in [0.15, 0.2) is 10.3 Å². The van der Waals surface area contributed by atoms with Crippen LogP contribution in [-0.2, 0) is 10.0 Å². The quantitative estimate of drug-likeness (QED) is 0.734. The van der Waals surface area contributed by atoms with Crippen LogP contribution >= 0.6 is 11.8 Å². The molecule has 1 aliphatic heterocycles. The monoisotopic (exact) mass is 222 g/mol. The number of hydrogen-bond acceptors (Lipinski definition) is 4. The molecule has 0 saturated carbocycles. The molecular weight excluding hydrogens is 208 g/mol. The van der Waals surface area contributed by atoms with Crippen molar-refractivity contribution in [3.8, 4) is 0 Å². The van der Waals surface area contributed by atoms with Crippen molar-refractivity contribution in [3.63, 3.8) is 0 Å². The number of thioether (sulfide) groups is 1. The molecule has 0 spiro atoms. The molecule has 2 unspecified atom stereocenters.